The van der Waals surface area contributed by atoms with Gasteiger partial charge in [0.2, 0.25) is 5.91 Å². The Morgan fingerprint density at radius 3 is 2.60 bits per heavy atom. The first-order valence-corrected chi connectivity index (χ1v) is 8.02. The van der Waals surface area contributed by atoms with E-state index in [0.29, 0.717) is 31.0 Å². The molecule has 0 heterocycles. The van der Waals surface area contributed by atoms with Gasteiger partial charge in [-0.1, -0.05) is 44.8 Å². The molecule has 0 radical (unpaired) electrons. The van der Waals surface area contributed by atoms with Gasteiger partial charge >= 0.3 is 0 Å². The van der Waals surface area contributed by atoms with Gasteiger partial charge in [-0.25, -0.2) is 0 Å². The highest BCUT2D eigenvalue weighted by atomic mass is 32.1. The molecule has 1 unspecified atom stereocenters. The predicted octanol–water partition coefficient (Wildman–Crippen LogP) is 2.89. The summed E-state index contributed by atoms with van der Waals surface area (Å²) in [5.74, 6) is 0.0828. The van der Waals surface area contributed by atoms with Crippen molar-refractivity contribution in [2.24, 2.45) is 5.73 Å². The topological polar surface area (TPSA) is 55.6 Å². The van der Waals surface area contributed by atoms with Gasteiger partial charge in [-0.15, -0.1) is 0 Å². The maximum absolute atomic E-state index is 11.8. The van der Waals surface area contributed by atoms with E-state index in [2.05, 4.69) is 13.8 Å². The third-order valence-corrected chi connectivity index (χ3v) is 3.51. The summed E-state index contributed by atoms with van der Waals surface area (Å²) in [4.78, 5) is 13.9. The Morgan fingerprint density at radius 1 is 1.30 bits per heavy atom. The van der Waals surface area contributed by atoms with Crippen molar-refractivity contribution in [2.45, 2.75) is 64.9 Å². The molecular weight excluding hydrogens is 272 g/mol. The van der Waals surface area contributed by atoms with Gasteiger partial charge in [-0.2, -0.15) is 0 Å². The van der Waals surface area contributed by atoms with Crippen molar-refractivity contribution in [1.29, 1.82) is 0 Å². The molecule has 0 aliphatic heterocycles. The van der Waals surface area contributed by atoms with Gasteiger partial charge in [0.25, 0.3) is 0 Å². The van der Waals surface area contributed by atoms with E-state index < -0.39 is 0 Å². The molecule has 1 atom stereocenters. The Morgan fingerprint density at radius 2 is 2.00 bits per heavy atom. The molecule has 0 bridgehead atoms. The van der Waals surface area contributed by atoms with E-state index in [1.807, 2.05) is 0 Å². The average molecular weight is 302 g/mol. The second-order valence-corrected chi connectivity index (χ2v) is 5.84. The summed E-state index contributed by atoms with van der Waals surface area (Å²) in [5.41, 5.74) is 5.42. The lowest BCUT2D eigenvalue weighted by Crippen LogP contribution is -2.31. The van der Waals surface area contributed by atoms with Crippen LogP contribution in [0.5, 0.6) is 0 Å². The largest absolute Gasteiger partial charge is 0.393 e. The first kappa shape index (κ1) is 19.3. The van der Waals surface area contributed by atoms with Crippen molar-refractivity contribution < 1.29 is 9.53 Å². The Balaban J connectivity index is 3.61. The van der Waals surface area contributed by atoms with E-state index >= 15 is 0 Å². The van der Waals surface area contributed by atoms with Crippen LogP contribution in [0.4, 0.5) is 0 Å². The van der Waals surface area contributed by atoms with Crippen LogP contribution < -0.4 is 5.73 Å². The number of nitrogens with zero attached hydrogens (tertiary/aromatic N) is 1. The Bertz CT molecular complexity index is 285. The van der Waals surface area contributed by atoms with E-state index in [1.54, 1.807) is 11.9 Å². The van der Waals surface area contributed by atoms with Gasteiger partial charge in [-0.3, -0.25) is 4.79 Å². The normalized spacial score (nSPS) is 12.2. The molecule has 5 heteroatoms. The minimum absolute atomic E-state index is 0.0828. The van der Waals surface area contributed by atoms with Crippen LogP contribution in [0.1, 0.15) is 58.8 Å². The van der Waals surface area contributed by atoms with Crippen LogP contribution in [0.2, 0.25) is 0 Å². The molecule has 4 nitrogen and oxygen atoms in total. The molecule has 1 amide bonds. The second kappa shape index (κ2) is 12.1. The van der Waals surface area contributed by atoms with Gasteiger partial charge in [0.05, 0.1) is 24.1 Å². The van der Waals surface area contributed by atoms with Gasteiger partial charge in [0.1, 0.15) is 0 Å². The molecule has 0 aromatic heterocycles. The maximum Gasteiger partial charge on any atom is 0.224 e. The lowest BCUT2D eigenvalue weighted by molar-refractivity contribution is -0.131. The predicted molar refractivity (Wildman–Crippen MR) is 87.8 cm³/mol. The van der Waals surface area contributed by atoms with Gasteiger partial charge < -0.3 is 15.4 Å². The number of hydrogen-bond acceptors (Lipinski definition) is 3. The molecule has 0 aromatic rings. The minimum atomic E-state index is 0.0828. The Kier molecular flexibility index (Phi) is 11.7. The second-order valence-electron chi connectivity index (χ2n) is 5.31. The molecule has 2 N–H and O–H groups in total. The highest BCUT2D eigenvalue weighted by Gasteiger charge is 2.10. The van der Waals surface area contributed by atoms with Crippen LogP contribution in [0.25, 0.3) is 0 Å². The summed E-state index contributed by atoms with van der Waals surface area (Å²) in [6.45, 7) is 5.36. The van der Waals surface area contributed by atoms with Crippen molar-refractivity contribution in [1.82, 2.24) is 4.90 Å². The SMILES string of the molecule is CCCCCCC(C)OCCC(=O)N(C)CCC(N)=S. The molecular formula is C15H30N2O2S. The van der Waals surface area contributed by atoms with E-state index in [1.165, 1.54) is 25.7 Å². The van der Waals surface area contributed by atoms with Crippen molar-refractivity contribution in [3.05, 3.63) is 0 Å². The van der Waals surface area contributed by atoms with E-state index in [9.17, 15) is 4.79 Å². The molecule has 0 saturated carbocycles. The molecule has 0 aromatic carbocycles. The van der Waals surface area contributed by atoms with Crippen LogP contribution in [-0.2, 0) is 9.53 Å². The maximum atomic E-state index is 11.8. The Labute approximate surface area is 129 Å². The number of carbonyl (C=O) groups excluding carboxylic acids is 1. The number of amides is 1. The van der Waals surface area contributed by atoms with E-state index in [-0.39, 0.29) is 12.0 Å². The fraction of sp³-hybridized carbons (Fsp3) is 0.867. The average Bonchev–Trinajstić information content (AvgIpc) is 2.40. The monoisotopic (exact) mass is 302 g/mol. The quantitative estimate of drug-likeness (QED) is 0.445. The van der Waals surface area contributed by atoms with Crippen LogP contribution in [0, 0.1) is 0 Å². The Hall–Kier alpha value is -0.680. The van der Waals surface area contributed by atoms with Crippen LogP contribution >= 0.6 is 12.2 Å². The molecule has 20 heavy (non-hydrogen) atoms. The molecule has 0 spiro atoms. The molecule has 118 valence electrons. The van der Waals surface area contributed by atoms with Gasteiger partial charge in [-0.05, 0) is 13.3 Å². The first-order chi connectivity index (χ1) is 9.47. The van der Waals surface area contributed by atoms with Crippen LogP contribution in [0.15, 0.2) is 0 Å². The molecule has 0 aliphatic rings. The van der Waals surface area contributed by atoms with E-state index in [0.717, 1.165) is 6.42 Å². The fourth-order valence-corrected chi connectivity index (χ4v) is 1.97. The summed E-state index contributed by atoms with van der Waals surface area (Å²) in [5, 5.41) is 0. The van der Waals surface area contributed by atoms with Crippen molar-refractivity contribution in [3.63, 3.8) is 0 Å². The first-order valence-electron chi connectivity index (χ1n) is 7.61. The number of ether oxygens (including phenoxy) is 1. The third kappa shape index (κ3) is 11.2. The van der Waals surface area contributed by atoms with Crippen LogP contribution in [0.3, 0.4) is 0 Å². The molecule has 0 aliphatic carbocycles. The highest BCUT2D eigenvalue weighted by Crippen LogP contribution is 2.08. The zero-order valence-corrected chi connectivity index (χ0v) is 14.0. The summed E-state index contributed by atoms with van der Waals surface area (Å²) in [6.07, 6.45) is 7.33. The summed E-state index contributed by atoms with van der Waals surface area (Å²) < 4.78 is 5.67. The van der Waals surface area contributed by atoms with Gasteiger partial charge in [0.15, 0.2) is 0 Å². The standard InChI is InChI=1S/C15H30N2O2S/c1-4-5-6-7-8-13(2)19-12-10-15(18)17(3)11-9-14(16)20/h13H,4-12H2,1-3H3,(H2,16,20). The van der Waals surface area contributed by atoms with Crippen molar-refractivity contribution >= 4 is 23.1 Å². The molecule has 0 rings (SSSR count). The van der Waals surface area contributed by atoms with Crippen LogP contribution in [-0.4, -0.2) is 42.1 Å². The summed E-state index contributed by atoms with van der Waals surface area (Å²) in [7, 11) is 1.77. The number of unbranched alkanes of at least 4 members (excludes halogenated alkanes) is 3. The number of hydrogen-bond donors (Lipinski definition) is 1. The zero-order chi connectivity index (χ0) is 15.4. The smallest absolute Gasteiger partial charge is 0.224 e. The van der Waals surface area contributed by atoms with Crippen molar-refractivity contribution in [3.8, 4) is 0 Å². The van der Waals surface area contributed by atoms with E-state index in [4.69, 9.17) is 22.7 Å². The number of nitrogens with two attached hydrogens (primary N) is 1. The summed E-state index contributed by atoms with van der Waals surface area (Å²) in [6, 6.07) is 0. The third-order valence-electron chi connectivity index (χ3n) is 3.30. The molecule has 0 saturated heterocycles. The fourth-order valence-electron chi connectivity index (χ4n) is 1.88. The molecule has 0 fully saturated rings. The summed E-state index contributed by atoms with van der Waals surface area (Å²) >= 11 is 4.80. The van der Waals surface area contributed by atoms with Gasteiger partial charge in [0, 0.05) is 20.0 Å². The lowest BCUT2D eigenvalue weighted by Gasteiger charge is -2.18. The zero-order valence-electron chi connectivity index (χ0n) is 13.2. The minimum Gasteiger partial charge on any atom is -0.393 e. The number of carbonyl (C=O) groups is 1. The number of thiocarbonyl (C=S) groups is 1. The highest BCUT2D eigenvalue weighted by molar-refractivity contribution is 7.80. The number of rotatable bonds is 12. The van der Waals surface area contributed by atoms with Crippen molar-refractivity contribution in [2.75, 3.05) is 20.2 Å². The lowest BCUT2D eigenvalue weighted by atomic mass is 10.1.